The third kappa shape index (κ3) is 1.64. The van der Waals surface area contributed by atoms with Crippen LogP contribution in [0.15, 0.2) is 0 Å². The van der Waals surface area contributed by atoms with E-state index in [1.165, 1.54) is 11.8 Å². The Morgan fingerprint density at radius 2 is 2.43 bits per heavy atom. The first kappa shape index (κ1) is 10.0. The van der Waals surface area contributed by atoms with Gasteiger partial charge in [-0.25, -0.2) is 9.48 Å². The maximum absolute atomic E-state index is 11.1. The summed E-state index contributed by atoms with van der Waals surface area (Å²) in [6.45, 7) is 2.24. The molecule has 1 aromatic rings. The summed E-state index contributed by atoms with van der Waals surface area (Å²) in [5.74, 6) is -0.723. The Morgan fingerprint density at radius 3 is 2.93 bits per heavy atom. The standard InChI is InChI=1S/C6H8N6O2/c1-3-12-5(9-10-11-12)4(8-7)6(13)14-2/h3H2,1-2H3. The van der Waals surface area contributed by atoms with Crippen molar-refractivity contribution in [1.29, 1.82) is 0 Å². The van der Waals surface area contributed by atoms with Crippen LogP contribution in [0.2, 0.25) is 0 Å². The molecule has 8 nitrogen and oxygen atoms in total. The van der Waals surface area contributed by atoms with Crippen molar-refractivity contribution in [1.82, 2.24) is 20.2 Å². The molecule has 0 spiro atoms. The van der Waals surface area contributed by atoms with Gasteiger partial charge in [-0.05, 0) is 17.4 Å². The lowest BCUT2D eigenvalue weighted by Crippen LogP contribution is -2.23. The van der Waals surface area contributed by atoms with E-state index >= 15 is 0 Å². The van der Waals surface area contributed by atoms with E-state index in [2.05, 4.69) is 25.1 Å². The average molecular weight is 196 g/mol. The zero-order valence-corrected chi connectivity index (χ0v) is 7.71. The van der Waals surface area contributed by atoms with Crippen LogP contribution in [-0.2, 0) is 16.1 Å². The fraction of sp³-hybridized carbons (Fsp3) is 0.500. The molecule has 0 aliphatic rings. The Kier molecular flexibility index (Phi) is 3.03. The largest absolute Gasteiger partial charge is 0.460 e. The smallest absolute Gasteiger partial charge is 0.444 e. The number of aromatic nitrogens is 4. The van der Waals surface area contributed by atoms with Crippen LogP contribution in [0.25, 0.3) is 5.53 Å². The van der Waals surface area contributed by atoms with Crippen molar-refractivity contribution in [2.45, 2.75) is 13.5 Å². The molecule has 0 bridgehead atoms. The first-order valence-corrected chi connectivity index (χ1v) is 3.81. The van der Waals surface area contributed by atoms with Gasteiger partial charge in [0.15, 0.2) is 0 Å². The van der Waals surface area contributed by atoms with Gasteiger partial charge < -0.3 is 10.3 Å². The molecule has 1 rings (SSSR count). The summed E-state index contributed by atoms with van der Waals surface area (Å²) < 4.78 is 5.70. The van der Waals surface area contributed by atoms with E-state index in [9.17, 15) is 4.79 Å². The molecule has 8 heteroatoms. The second-order valence-corrected chi connectivity index (χ2v) is 2.26. The first-order chi connectivity index (χ1) is 6.74. The lowest BCUT2D eigenvalue weighted by atomic mass is 10.3. The molecule has 0 fully saturated rings. The summed E-state index contributed by atoms with van der Waals surface area (Å²) in [5.41, 5.74) is 8.28. The van der Waals surface area contributed by atoms with Gasteiger partial charge in [0.2, 0.25) is 0 Å². The average Bonchev–Trinajstić information content (AvgIpc) is 2.66. The van der Waals surface area contributed by atoms with Crippen molar-refractivity contribution in [3.63, 3.8) is 0 Å². The number of ether oxygens (including phenoxy) is 1. The molecule has 0 saturated carbocycles. The highest BCUT2D eigenvalue weighted by Gasteiger charge is 2.29. The molecule has 0 saturated heterocycles. The molecule has 0 amide bonds. The lowest BCUT2D eigenvalue weighted by Gasteiger charge is -1.95. The van der Waals surface area contributed by atoms with Crippen molar-refractivity contribution >= 4 is 11.7 Å². The van der Waals surface area contributed by atoms with Gasteiger partial charge in [0, 0.05) is 6.54 Å². The van der Waals surface area contributed by atoms with Crippen LogP contribution in [-0.4, -0.2) is 43.8 Å². The topological polar surface area (TPSA) is 106 Å². The summed E-state index contributed by atoms with van der Waals surface area (Å²) >= 11 is 0. The highest BCUT2D eigenvalue weighted by Crippen LogP contribution is 1.94. The molecule has 1 aromatic heterocycles. The molecule has 14 heavy (non-hydrogen) atoms. The van der Waals surface area contributed by atoms with E-state index in [0.29, 0.717) is 6.54 Å². The van der Waals surface area contributed by atoms with E-state index < -0.39 is 5.97 Å². The number of carbonyl (C=O) groups excluding carboxylic acids is 1. The van der Waals surface area contributed by atoms with Crippen molar-refractivity contribution < 1.29 is 14.3 Å². The monoisotopic (exact) mass is 196 g/mol. The summed E-state index contributed by atoms with van der Waals surface area (Å²) in [5, 5.41) is 10.5. The number of hydrogen-bond acceptors (Lipinski definition) is 5. The van der Waals surface area contributed by atoms with E-state index in [1.54, 1.807) is 6.92 Å². The minimum atomic E-state index is -0.794. The van der Waals surface area contributed by atoms with Crippen LogP contribution in [0.1, 0.15) is 12.7 Å². The van der Waals surface area contributed by atoms with E-state index in [4.69, 9.17) is 5.53 Å². The van der Waals surface area contributed by atoms with Crippen LogP contribution in [0.3, 0.4) is 0 Å². The van der Waals surface area contributed by atoms with Crippen molar-refractivity contribution in [2.75, 3.05) is 7.11 Å². The SMILES string of the molecule is CCn1nnnc1C(=[N+]=[N-])C(=O)OC. The number of hydrogen-bond donors (Lipinski definition) is 0. The summed E-state index contributed by atoms with van der Waals surface area (Å²) in [4.78, 5) is 13.9. The Hall–Kier alpha value is -2.08. The summed E-state index contributed by atoms with van der Waals surface area (Å²) in [6.07, 6.45) is 0. The highest BCUT2D eigenvalue weighted by molar-refractivity contribution is 6.39. The fourth-order valence-electron chi connectivity index (χ4n) is 0.861. The Labute approximate surface area is 79.1 Å². The van der Waals surface area contributed by atoms with Gasteiger partial charge in [-0.2, -0.15) is 4.79 Å². The molecule has 0 aliphatic carbocycles. The van der Waals surface area contributed by atoms with E-state index in [1.807, 2.05) is 0 Å². The number of rotatable bonds is 3. The molecule has 0 aliphatic heterocycles. The summed E-state index contributed by atoms with van der Waals surface area (Å²) in [7, 11) is 1.17. The Morgan fingerprint density at radius 1 is 1.71 bits per heavy atom. The number of aryl methyl sites for hydroxylation is 1. The van der Waals surface area contributed by atoms with Gasteiger partial charge in [0.25, 0.3) is 5.82 Å². The predicted octanol–water partition coefficient (Wildman–Crippen LogP) is -1.12. The molecule has 0 atom stereocenters. The third-order valence-electron chi connectivity index (χ3n) is 1.52. The second-order valence-electron chi connectivity index (χ2n) is 2.26. The fourth-order valence-corrected chi connectivity index (χ4v) is 0.861. The maximum atomic E-state index is 11.1. The van der Waals surface area contributed by atoms with Crippen LogP contribution in [0.5, 0.6) is 0 Å². The van der Waals surface area contributed by atoms with Gasteiger partial charge in [-0.3, -0.25) is 0 Å². The van der Waals surface area contributed by atoms with Gasteiger partial charge >= 0.3 is 11.7 Å². The van der Waals surface area contributed by atoms with Gasteiger partial charge in [-0.1, -0.05) is 0 Å². The van der Waals surface area contributed by atoms with Crippen LogP contribution >= 0.6 is 0 Å². The Balaban J connectivity index is 3.14. The second kappa shape index (κ2) is 4.24. The van der Waals surface area contributed by atoms with Crippen molar-refractivity contribution in [3.05, 3.63) is 11.4 Å². The number of esters is 1. The maximum Gasteiger partial charge on any atom is 0.444 e. The molecule has 0 aromatic carbocycles. The highest BCUT2D eigenvalue weighted by atomic mass is 16.5. The summed E-state index contributed by atoms with van der Waals surface area (Å²) in [6, 6.07) is 0. The lowest BCUT2D eigenvalue weighted by molar-refractivity contribution is -0.137. The predicted molar refractivity (Wildman–Crippen MR) is 43.2 cm³/mol. The number of methoxy groups -OCH3 is 1. The molecular formula is C6H8N6O2. The zero-order chi connectivity index (χ0) is 10.6. The first-order valence-electron chi connectivity index (χ1n) is 3.81. The molecule has 0 N–H and O–H groups in total. The van der Waals surface area contributed by atoms with Crippen molar-refractivity contribution in [3.8, 4) is 0 Å². The number of tetrazole rings is 1. The van der Waals surface area contributed by atoms with Crippen LogP contribution in [0.4, 0.5) is 0 Å². The quantitative estimate of drug-likeness (QED) is 0.263. The number of nitrogens with zero attached hydrogens (tertiary/aromatic N) is 6. The van der Waals surface area contributed by atoms with Gasteiger partial charge in [-0.15, -0.1) is 5.10 Å². The normalized spacial score (nSPS) is 9.29. The molecule has 1 heterocycles. The Bertz CT molecular complexity index is 391. The third-order valence-corrected chi connectivity index (χ3v) is 1.52. The van der Waals surface area contributed by atoms with Crippen LogP contribution in [0, 0.1) is 0 Å². The zero-order valence-electron chi connectivity index (χ0n) is 7.71. The van der Waals surface area contributed by atoms with Gasteiger partial charge in [0.05, 0.1) is 7.11 Å². The van der Waals surface area contributed by atoms with Crippen molar-refractivity contribution in [2.24, 2.45) is 0 Å². The van der Waals surface area contributed by atoms with E-state index in [-0.39, 0.29) is 11.5 Å². The minimum absolute atomic E-state index is 0.0712. The molecule has 0 unspecified atom stereocenters. The molecular weight excluding hydrogens is 188 g/mol. The van der Waals surface area contributed by atoms with Crippen LogP contribution < -0.4 is 0 Å². The van der Waals surface area contributed by atoms with Gasteiger partial charge in [0.1, 0.15) is 0 Å². The molecule has 74 valence electrons. The number of carbonyl (C=O) groups is 1. The molecule has 0 radical (unpaired) electrons. The van der Waals surface area contributed by atoms with E-state index in [0.717, 1.165) is 0 Å². The minimum Gasteiger partial charge on any atom is -0.460 e.